The van der Waals surface area contributed by atoms with E-state index in [1.54, 1.807) is 17.4 Å². The van der Waals surface area contributed by atoms with E-state index in [0.717, 1.165) is 10.4 Å². The monoisotopic (exact) mass is 264 g/mol. The third kappa shape index (κ3) is 3.30. The number of carbonyl (C=O) groups is 1. The molecule has 2 rings (SSSR count). The predicted octanol–water partition coefficient (Wildman–Crippen LogP) is 3.52. The first-order chi connectivity index (χ1) is 8.65. The van der Waals surface area contributed by atoms with Crippen LogP contribution in [0.4, 0.5) is 14.9 Å². The van der Waals surface area contributed by atoms with Crippen molar-refractivity contribution in [3.63, 3.8) is 0 Å². The Kier molecular flexibility index (Phi) is 3.94. The number of amides is 2. The Bertz CT molecular complexity index is 540. The third-order valence-electron chi connectivity index (χ3n) is 2.45. The second-order valence-electron chi connectivity index (χ2n) is 3.85. The molecule has 0 unspecified atom stereocenters. The molecule has 5 heteroatoms. The van der Waals surface area contributed by atoms with Gasteiger partial charge in [-0.1, -0.05) is 12.1 Å². The number of thiophene rings is 1. The van der Waals surface area contributed by atoms with Crippen molar-refractivity contribution in [1.29, 1.82) is 0 Å². The second-order valence-corrected chi connectivity index (χ2v) is 4.88. The fourth-order valence-electron chi connectivity index (χ4n) is 1.48. The van der Waals surface area contributed by atoms with Gasteiger partial charge < -0.3 is 10.6 Å². The summed E-state index contributed by atoms with van der Waals surface area (Å²) in [6.45, 7) is 2.28. The predicted molar refractivity (Wildman–Crippen MR) is 71.3 cm³/mol. The summed E-state index contributed by atoms with van der Waals surface area (Å²) in [6, 6.07) is 7.83. The van der Waals surface area contributed by atoms with Crippen LogP contribution in [0, 0.1) is 12.7 Å². The number of benzene rings is 1. The van der Waals surface area contributed by atoms with Crippen molar-refractivity contribution in [1.82, 2.24) is 5.32 Å². The van der Waals surface area contributed by atoms with Gasteiger partial charge in [-0.05, 0) is 36.1 Å². The maximum Gasteiger partial charge on any atom is 0.319 e. The van der Waals surface area contributed by atoms with Gasteiger partial charge in [0.1, 0.15) is 5.82 Å². The van der Waals surface area contributed by atoms with Crippen LogP contribution < -0.4 is 10.6 Å². The molecule has 0 aliphatic rings. The van der Waals surface area contributed by atoms with Crippen LogP contribution in [0.15, 0.2) is 35.7 Å². The summed E-state index contributed by atoms with van der Waals surface area (Å²) in [5.74, 6) is -0.367. The highest BCUT2D eigenvalue weighted by molar-refractivity contribution is 7.09. The number of nitrogens with one attached hydrogen (secondary N) is 2. The Labute approximate surface area is 109 Å². The van der Waals surface area contributed by atoms with Gasteiger partial charge in [-0.25, -0.2) is 9.18 Å². The van der Waals surface area contributed by atoms with Crippen molar-refractivity contribution < 1.29 is 9.18 Å². The topological polar surface area (TPSA) is 41.1 Å². The van der Waals surface area contributed by atoms with E-state index in [9.17, 15) is 9.18 Å². The standard InChI is InChI=1S/C13H13FN2OS/c1-9-4-5-10(14)7-12(9)16-13(17)15-8-11-3-2-6-18-11/h2-7H,8H2,1H3,(H2,15,16,17). The summed E-state index contributed by atoms with van der Waals surface area (Å²) in [5.41, 5.74) is 1.31. The average molecular weight is 264 g/mol. The molecule has 0 bridgehead atoms. The van der Waals surface area contributed by atoms with Crippen LogP contribution in [-0.4, -0.2) is 6.03 Å². The Morgan fingerprint density at radius 2 is 2.22 bits per heavy atom. The second kappa shape index (κ2) is 5.64. The zero-order valence-electron chi connectivity index (χ0n) is 9.87. The molecule has 0 aliphatic carbocycles. The van der Waals surface area contributed by atoms with Crippen LogP contribution in [-0.2, 0) is 6.54 Å². The summed E-state index contributed by atoms with van der Waals surface area (Å²) in [6.07, 6.45) is 0. The highest BCUT2D eigenvalue weighted by Crippen LogP contribution is 2.15. The molecule has 2 N–H and O–H groups in total. The summed E-state index contributed by atoms with van der Waals surface area (Å²) in [5, 5.41) is 7.30. The average Bonchev–Trinajstić information content (AvgIpc) is 2.84. The van der Waals surface area contributed by atoms with E-state index in [0.29, 0.717) is 12.2 Å². The van der Waals surface area contributed by atoms with Crippen molar-refractivity contribution in [2.24, 2.45) is 0 Å². The minimum Gasteiger partial charge on any atom is -0.333 e. The molecule has 94 valence electrons. The van der Waals surface area contributed by atoms with Gasteiger partial charge in [0.05, 0.1) is 6.54 Å². The minimum atomic E-state index is -0.367. The molecule has 1 aromatic carbocycles. The molecule has 0 saturated carbocycles. The molecule has 0 aliphatic heterocycles. The Morgan fingerprint density at radius 3 is 2.94 bits per heavy atom. The minimum absolute atomic E-state index is 0.336. The number of hydrogen-bond acceptors (Lipinski definition) is 2. The number of urea groups is 1. The third-order valence-corrected chi connectivity index (χ3v) is 3.33. The smallest absolute Gasteiger partial charge is 0.319 e. The number of carbonyl (C=O) groups excluding carboxylic acids is 1. The van der Waals surface area contributed by atoms with E-state index in [-0.39, 0.29) is 11.8 Å². The zero-order valence-corrected chi connectivity index (χ0v) is 10.7. The molecule has 2 amide bonds. The first-order valence-corrected chi connectivity index (χ1v) is 6.36. The van der Waals surface area contributed by atoms with Crippen LogP contribution in [0.25, 0.3) is 0 Å². The van der Waals surface area contributed by atoms with Gasteiger partial charge in [-0.2, -0.15) is 0 Å². The van der Waals surface area contributed by atoms with Crippen molar-refractivity contribution in [2.75, 3.05) is 5.32 Å². The normalized spacial score (nSPS) is 10.1. The van der Waals surface area contributed by atoms with Gasteiger partial charge in [-0.15, -0.1) is 11.3 Å². The van der Waals surface area contributed by atoms with Crippen LogP contribution in [0.5, 0.6) is 0 Å². The van der Waals surface area contributed by atoms with Crippen molar-refractivity contribution in [3.8, 4) is 0 Å². The van der Waals surface area contributed by atoms with E-state index >= 15 is 0 Å². The number of hydrogen-bond donors (Lipinski definition) is 2. The number of halogens is 1. The fourth-order valence-corrected chi connectivity index (χ4v) is 2.12. The van der Waals surface area contributed by atoms with Crippen LogP contribution in [0.3, 0.4) is 0 Å². The quantitative estimate of drug-likeness (QED) is 0.875. The number of anilines is 1. The Morgan fingerprint density at radius 1 is 1.39 bits per heavy atom. The first-order valence-electron chi connectivity index (χ1n) is 5.48. The van der Waals surface area contributed by atoms with Crippen LogP contribution in [0.2, 0.25) is 0 Å². The SMILES string of the molecule is Cc1ccc(F)cc1NC(=O)NCc1cccs1. The van der Waals surface area contributed by atoms with Gasteiger partial charge >= 0.3 is 6.03 Å². The lowest BCUT2D eigenvalue weighted by Gasteiger charge is -2.09. The van der Waals surface area contributed by atoms with Crippen LogP contribution in [0.1, 0.15) is 10.4 Å². The number of rotatable bonds is 3. The lowest BCUT2D eigenvalue weighted by Crippen LogP contribution is -2.28. The lowest BCUT2D eigenvalue weighted by molar-refractivity contribution is 0.252. The van der Waals surface area contributed by atoms with E-state index in [1.165, 1.54) is 12.1 Å². The lowest BCUT2D eigenvalue weighted by atomic mass is 10.2. The van der Waals surface area contributed by atoms with Crippen LogP contribution >= 0.6 is 11.3 Å². The molecular formula is C13H13FN2OS. The van der Waals surface area contributed by atoms with Gasteiger partial charge in [0.15, 0.2) is 0 Å². The highest BCUT2D eigenvalue weighted by atomic mass is 32.1. The van der Waals surface area contributed by atoms with Gasteiger partial charge in [0.2, 0.25) is 0 Å². The van der Waals surface area contributed by atoms with Gasteiger partial charge in [0.25, 0.3) is 0 Å². The molecule has 2 aromatic rings. The van der Waals surface area contributed by atoms with Crippen molar-refractivity contribution in [2.45, 2.75) is 13.5 Å². The molecule has 3 nitrogen and oxygen atoms in total. The van der Waals surface area contributed by atoms with E-state index in [2.05, 4.69) is 10.6 Å². The van der Waals surface area contributed by atoms with E-state index in [4.69, 9.17) is 0 Å². The first kappa shape index (κ1) is 12.6. The number of aryl methyl sites for hydroxylation is 1. The molecule has 1 heterocycles. The van der Waals surface area contributed by atoms with Gasteiger partial charge in [0, 0.05) is 10.6 Å². The molecule has 0 spiro atoms. The fraction of sp³-hybridized carbons (Fsp3) is 0.154. The highest BCUT2D eigenvalue weighted by Gasteiger charge is 2.05. The zero-order chi connectivity index (χ0) is 13.0. The van der Waals surface area contributed by atoms with E-state index < -0.39 is 0 Å². The van der Waals surface area contributed by atoms with Crippen molar-refractivity contribution in [3.05, 3.63) is 52.0 Å². The maximum atomic E-state index is 13.0. The maximum absolute atomic E-state index is 13.0. The molecule has 0 atom stereocenters. The molecule has 1 aromatic heterocycles. The summed E-state index contributed by atoms with van der Waals surface area (Å²) in [7, 11) is 0. The molecule has 0 saturated heterocycles. The molecule has 0 radical (unpaired) electrons. The molecular weight excluding hydrogens is 251 g/mol. The molecule has 18 heavy (non-hydrogen) atoms. The van der Waals surface area contributed by atoms with Crippen molar-refractivity contribution >= 4 is 23.1 Å². The Balaban J connectivity index is 1.92. The summed E-state index contributed by atoms with van der Waals surface area (Å²) >= 11 is 1.57. The summed E-state index contributed by atoms with van der Waals surface area (Å²) < 4.78 is 13.0. The Hall–Kier alpha value is -1.88. The van der Waals surface area contributed by atoms with E-state index in [1.807, 2.05) is 24.4 Å². The van der Waals surface area contributed by atoms with Gasteiger partial charge in [-0.3, -0.25) is 0 Å². The summed E-state index contributed by atoms with van der Waals surface area (Å²) in [4.78, 5) is 12.7. The largest absolute Gasteiger partial charge is 0.333 e. The molecule has 0 fully saturated rings.